The summed E-state index contributed by atoms with van der Waals surface area (Å²) in [5.41, 5.74) is 1.77. The molecule has 0 aliphatic carbocycles. The molecule has 2 atom stereocenters. The normalized spacial score (nSPS) is 18.3. The molecule has 5 heterocycles. The van der Waals surface area contributed by atoms with Crippen molar-refractivity contribution in [3.05, 3.63) is 60.7 Å². The van der Waals surface area contributed by atoms with Gasteiger partial charge in [-0.2, -0.15) is 0 Å². The summed E-state index contributed by atoms with van der Waals surface area (Å²) < 4.78 is 36.5. The second-order valence-corrected chi connectivity index (χ2v) is 12.9. The third-order valence-corrected chi connectivity index (χ3v) is 9.20. The molecule has 186 valence electrons. The van der Waals surface area contributed by atoms with Crippen LogP contribution in [0.25, 0.3) is 21.6 Å². The van der Waals surface area contributed by atoms with E-state index in [0.29, 0.717) is 39.6 Å². The highest BCUT2D eigenvalue weighted by Crippen LogP contribution is 2.49. The average molecular weight is 556 g/mol. The van der Waals surface area contributed by atoms with Crippen LogP contribution in [0.3, 0.4) is 0 Å². The average Bonchev–Trinajstić information content (AvgIpc) is 3.50. The Balaban J connectivity index is 1.86. The van der Waals surface area contributed by atoms with Gasteiger partial charge in [-0.05, 0) is 30.7 Å². The number of halogens is 1. The van der Waals surface area contributed by atoms with Gasteiger partial charge in [-0.1, -0.05) is 0 Å². The lowest BCUT2D eigenvalue weighted by atomic mass is 10.2. The molecule has 0 saturated heterocycles. The maximum atomic E-state index is 13.5. The molecule has 1 aliphatic rings. The number of thioether (sulfide) groups is 1. The highest BCUT2D eigenvalue weighted by molar-refractivity contribution is 8.00. The van der Waals surface area contributed by atoms with Crippen LogP contribution >= 0.6 is 34.7 Å². The van der Waals surface area contributed by atoms with Crippen LogP contribution in [0.15, 0.2) is 31.5 Å². The number of hydrogen-bond donors (Lipinski definition) is 1. The second kappa shape index (κ2) is 8.66. The van der Waals surface area contributed by atoms with Crippen molar-refractivity contribution in [2.75, 3.05) is 12.8 Å². The summed E-state index contributed by atoms with van der Waals surface area (Å²) in [5, 5.41) is 2.50. The Morgan fingerprint density at radius 1 is 1.26 bits per heavy atom. The van der Waals surface area contributed by atoms with E-state index in [1.165, 1.54) is 34.7 Å². The van der Waals surface area contributed by atoms with Crippen LogP contribution in [0.4, 0.5) is 0 Å². The summed E-state index contributed by atoms with van der Waals surface area (Å²) in [7, 11) is -0.325. The molecular weight excluding hydrogens is 534 g/mol. The van der Waals surface area contributed by atoms with Gasteiger partial charge in [0.25, 0.3) is 5.56 Å². The van der Waals surface area contributed by atoms with E-state index in [-0.39, 0.29) is 17.0 Å². The van der Waals surface area contributed by atoms with E-state index in [1.807, 2.05) is 16.9 Å². The molecule has 1 aliphatic heterocycles. The van der Waals surface area contributed by atoms with Gasteiger partial charge in [-0.15, -0.1) is 23.1 Å². The van der Waals surface area contributed by atoms with Crippen LogP contribution in [0, 0.1) is 6.92 Å². The zero-order valence-corrected chi connectivity index (χ0v) is 22.4. The maximum absolute atomic E-state index is 13.5. The molecule has 0 bridgehead atoms. The van der Waals surface area contributed by atoms with Crippen LogP contribution in [0.2, 0.25) is 5.22 Å². The monoisotopic (exact) mass is 555 g/mol. The van der Waals surface area contributed by atoms with Gasteiger partial charge in [0.1, 0.15) is 16.0 Å². The van der Waals surface area contributed by atoms with Crippen molar-refractivity contribution < 1.29 is 12.8 Å². The van der Waals surface area contributed by atoms with Crippen molar-refractivity contribution in [2.45, 2.75) is 24.0 Å². The molecule has 0 amide bonds. The van der Waals surface area contributed by atoms with Gasteiger partial charge in [0.05, 0.1) is 28.5 Å². The van der Waals surface area contributed by atoms with Crippen LogP contribution in [-0.4, -0.2) is 45.2 Å². The quantitative estimate of drug-likeness (QED) is 0.401. The Kier molecular flexibility index (Phi) is 6.03. The highest BCUT2D eigenvalue weighted by Gasteiger charge is 2.38. The number of nitrogens with one attached hydrogen (secondary N) is 1. The van der Waals surface area contributed by atoms with Gasteiger partial charge in [0, 0.05) is 43.5 Å². The summed E-state index contributed by atoms with van der Waals surface area (Å²) in [6.07, 6.45) is 1.11. The zero-order chi connectivity index (χ0) is 25.2. The first-order valence-corrected chi connectivity index (χ1v) is 14.7. The van der Waals surface area contributed by atoms with E-state index in [1.54, 1.807) is 19.2 Å². The predicted molar refractivity (Wildman–Crippen MR) is 138 cm³/mol. The molecule has 35 heavy (non-hydrogen) atoms. The van der Waals surface area contributed by atoms with Crippen molar-refractivity contribution >= 4 is 55.6 Å². The largest absolute Gasteiger partial charge is 0.448 e. The van der Waals surface area contributed by atoms with Gasteiger partial charge >= 0.3 is 5.69 Å². The maximum Gasteiger partial charge on any atom is 0.331 e. The Hall–Kier alpha value is -2.32. The van der Waals surface area contributed by atoms with Crippen molar-refractivity contribution in [1.29, 1.82) is 0 Å². The molecule has 1 N–H and O–H groups in total. The molecule has 4 aromatic heterocycles. The number of rotatable bonds is 5. The van der Waals surface area contributed by atoms with Crippen LogP contribution in [-0.2, 0) is 30.7 Å². The van der Waals surface area contributed by atoms with Crippen molar-refractivity contribution in [2.24, 2.45) is 14.1 Å². The Morgan fingerprint density at radius 2 is 2.00 bits per heavy atom. The number of sulfonamides is 1. The zero-order valence-electron chi connectivity index (χ0n) is 19.2. The van der Waals surface area contributed by atoms with Gasteiger partial charge in [0.15, 0.2) is 5.22 Å². The first-order valence-electron chi connectivity index (χ1n) is 10.6. The third-order valence-electron chi connectivity index (χ3n) is 5.91. The number of hydrogen-bond acceptors (Lipinski definition) is 8. The van der Waals surface area contributed by atoms with Crippen LogP contribution < -0.4 is 16.0 Å². The lowest BCUT2D eigenvalue weighted by Gasteiger charge is -2.31. The van der Waals surface area contributed by atoms with E-state index in [2.05, 4.69) is 9.71 Å². The summed E-state index contributed by atoms with van der Waals surface area (Å²) in [6.45, 7) is 2.45. The number of furan rings is 1. The smallest absolute Gasteiger partial charge is 0.331 e. The number of aromatic nitrogens is 4. The van der Waals surface area contributed by atoms with Gasteiger partial charge in [0.2, 0.25) is 10.0 Å². The summed E-state index contributed by atoms with van der Waals surface area (Å²) in [4.78, 5) is 31.1. The molecule has 4 aromatic rings. The third kappa shape index (κ3) is 4.18. The fourth-order valence-corrected chi connectivity index (χ4v) is 7.46. The predicted octanol–water partition coefficient (Wildman–Crippen LogP) is 2.47. The molecule has 0 fully saturated rings. The lowest BCUT2D eigenvalue weighted by Crippen LogP contribution is -2.37. The fraction of sp³-hybridized carbons (Fsp3) is 0.381. The molecule has 0 spiro atoms. The minimum atomic E-state index is -3.41. The Morgan fingerprint density at radius 3 is 2.60 bits per heavy atom. The summed E-state index contributed by atoms with van der Waals surface area (Å²) in [5.74, 6) is 0.541. The topological polar surface area (TPSA) is 121 Å². The van der Waals surface area contributed by atoms with E-state index in [4.69, 9.17) is 16.0 Å². The molecule has 0 aromatic carbocycles. The lowest BCUT2D eigenvalue weighted by molar-refractivity contribution is 0.504. The molecule has 2 unspecified atom stereocenters. The fourth-order valence-electron chi connectivity index (χ4n) is 4.41. The van der Waals surface area contributed by atoms with Crippen molar-refractivity contribution in [3.8, 4) is 10.7 Å². The van der Waals surface area contributed by atoms with Gasteiger partial charge < -0.3 is 8.98 Å². The van der Waals surface area contributed by atoms with E-state index in [9.17, 15) is 18.0 Å². The second-order valence-electron chi connectivity index (χ2n) is 8.47. The molecule has 14 heteroatoms. The number of thiazole rings is 1. The first kappa shape index (κ1) is 24.4. The summed E-state index contributed by atoms with van der Waals surface area (Å²) in [6, 6.07) is 3.39. The summed E-state index contributed by atoms with van der Waals surface area (Å²) >= 11 is 9.00. The first-order chi connectivity index (χ1) is 16.5. The number of aryl methyl sites for hydroxylation is 2. The molecule has 10 nitrogen and oxygen atoms in total. The Bertz CT molecular complexity index is 1690. The molecular formula is C21H22ClN5O5S3. The van der Waals surface area contributed by atoms with Gasteiger partial charge in [-0.3, -0.25) is 13.9 Å². The highest BCUT2D eigenvalue weighted by atomic mass is 35.5. The van der Waals surface area contributed by atoms with E-state index < -0.39 is 26.5 Å². The van der Waals surface area contributed by atoms with Crippen molar-refractivity contribution in [3.63, 3.8) is 0 Å². The number of fused-ring (bicyclic) bond motifs is 3. The van der Waals surface area contributed by atoms with Crippen molar-refractivity contribution in [1.82, 2.24) is 23.4 Å². The number of nitrogens with zero attached hydrogens (tertiary/aromatic N) is 4. The molecule has 0 radical (unpaired) electrons. The minimum Gasteiger partial charge on any atom is -0.448 e. The van der Waals surface area contributed by atoms with E-state index in [0.717, 1.165) is 16.5 Å². The standard InChI is InChI=1S/C21H22ClN5O5S3/c1-10-9-33-19(24-10)16-14-15(25(2)21(29)26(3)20(14)28)17-18(12-5-6-13(22)32-12)34-11(8-27(16)17)7-23-35(4,30)31/h5-6,9,11,18,23H,7-8H2,1-4H3. The SMILES string of the molecule is Cc1csc(-c2c3c(=O)n(C)c(=O)n(C)c3c3n2CC(CNS(C)(=O)=O)SC3c2ccc(Cl)o2)n1. The minimum absolute atomic E-state index is 0.176. The van der Waals surface area contributed by atoms with E-state index >= 15 is 0 Å². The van der Waals surface area contributed by atoms with Crippen LogP contribution in [0.5, 0.6) is 0 Å². The molecule has 0 saturated carbocycles. The van der Waals surface area contributed by atoms with Crippen LogP contribution in [0.1, 0.15) is 22.4 Å². The Labute approximate surface area is 213 Å². The van der Waals surface area contributed by atoms with Gasteiger partial charge in [-0.25, -0.2) is 22.9 Å². The molecule has 5 rings (SSSR count).